The maximum absolute atomic E-state index is 13.8. The molecule has 6 nitrogen and oxygen atoms in total. The Bertz CT molecular complexity index is 933. The van der Waals surface area contributed by atoms with E-state index in [1.165, 1.54) is 68.0 Å². The van der Waals surface area contributed by atoms with Crippen LogP contribution >= 0.6 is 11.8 Å². The lowest BCUT2D eigenvalue weighted by Gasteiger charge is -2.39. The second kappa shape index (κ2) is 18.1. The summed E-state index contributed by atoms with van der Waals surface area (Å²) in [6.07, 6.45) is 12.3. The minimum absolute atomic E-state index is 0.0855. The van der Waals surface area contributed by atoms with Crippen LogP contribution in [0.1, 0.15) is 110 Å². The standard InChI is InChI=1S/C33H55NO5SSi/c1-7-8-9-10-11-12-13-14-15-19-24-40-30(35)23-22-29(39-41(5,6)33(2,3)4)31(36)34-28(26-38-32(34)37)25-27-20-17-16-18-21-27/h16-18,20-21,28-29H,7-15,19,22-26H2,1-6H3/t28-,29+/m1/s1. The number of thioether (sulfide) groups is 1. The molecule has 2 amide bonds. The Balaban J connectivity index is 1.89. The van der Waals surface area contributed by atoms with E-state index in [0.717, 1.165) is 24.2 Å². The van der Waals surface area contributed by atoms with Gasteiger partial charge in [-0.2, -0.15) is 0 Å². The molecule has 1 aromatic carbocycles. The lowest BCUT2D eigenvalue weighted by molar-refractivity contribution is -0.137. The number of imide groups is 1. The number of ether oxygens (including phenoxy) is 1. The van der Waals surface area contributed by atoms with Crippen molar-refractivity contribution in [1.29, 1.82) is 0 Å². The molecule has 0 radical (unpaired) electrons. The summed E-state index contributed by atoms with van der Waals surface area (Å²) in [4.78, 5) is 40.6. The van der Waals surface area contributed by atoms with E-state index in [1.807, 2.05) is 30.3 Å². The quantitative estimate of drug-likeness (QED) is 0.116. The smallest absolute Gasteiger partial charge is 0.417 e. The Morgan fingerprint density at radius 1 is 1.00 bits per heavy atom. The molecule has 41 heavy (non-hydrogen) atoms. The molecule has 1 heterocycles. The molecular formula is C33H55NO5SSi. The molecule has 1 aliphatic rings. The summed E-state index contributed by atoms with van der Waals surface area (Å²) in [5, 5.41) is -0.0308. The average molecular weight is 606 g/mol. The van der Waals surface area contributed by atoms with Crippen molar-refractivity contribution in [2.75, 3.05) is 12.4 Å². The Labute approximate surface area is 254 Å². The lowest BCUT2D eigenvalue weighted by atomic mass is 10.0. The molecule has 1 aromatic rings. The van der Waals surface area contributed by atoms with Gasteiger partial charge in [0.2, 0.25) is 0 Å². The number of benzene rings is 1. The number of carbonyl (C=O) groups excluding carboxylic acids is 3. The van der Waals surface area contributed by atoms with E-state index < -0.39 is 20.5 Å². The Morgan fingerprint density at radius 3 is 2.17 bits per heavy atom. The molecule has 232 valence electrons. The van der Waals surface area contributed by atoms with Crippen LogP contribution in [-0.4, -0.2) is 54.8 Å². The molecule has 2 atom stereocenters. The lowest BCUT2D eigenvalue weighted by Crippen LogP contribution is -2.52. The van der Waals surface area contributed by atoms with Gasteiger partial charge in [-0.1, -0.05) is 128 Å². The number of rotatable bonds is 19. The number of cyclic esters (lactones) is 1. The molecule has 0 aromatic heterocycles. The van der Waals surface area contributed by atoms with Crippen molar-refractivity contribution < 1.29 is 23.5 Å². The molecule has 1 fully saturated rings. The summed E-state index contributed by atoms with van der Waals surface area (Å²) in [5.41, 5.74) is 1.04. The summed E-state index contributed by atoms with van der Waals surface area (Å²) < 4.78 is 11.9. The third kappa shape index (κ3) is 12.6. The Kier molecular flexibility index (Phi) is 15.7. The highest BCUT2D eigenvalue weighted by molar-refractivity contribution is 8.13. The Morgan fingerprint density at radius 2 is 1.59 bits per heavy atom. The van der Waals surface area contributed by atoms with Gasteiger partial charge in [0.1, 0.15) is 12.7 Å². The predicted molar refractivity (Wildman–Crippen MR) is 173 cm³/mol. The maximum Gasteiger partial charge on any atom is 0.417 e. The first-order chi connectivity index (χ1) is 19.5. The summed E-state index contributed by atoms with van der Waals surface area (Å²) in [7, 11) is -2.35. The van der Waals surface area contributed by atoms with Crippen molar-refractivity contribution in [3.8, 4) is 0 Å². The SMILES string of the molecule is CCCCCCCCCCCCSC(=O)CC[C@H](O[Si](C)(C)C(C)(C)C)C(=O)N1C(=O)OC[C@H]1Cc1ccccc1. The van der Waals surface area contributed by atoms with Gasteiger partial charge < -0.3 is 9.16 Å². The first-order valence-electron chi connectivity index (χ1n) is 15.8. The van der Waals surface area contributed by atoms with Crippen LogP contribution in [0.25, 0.3) is 0 Å². The second-order valence-corrected chi connectivity index (χ2v) is 18.8. The fourth-order valence-electron chi connectivity index (χ4n) is 4.78. The molecule has 0 N–H and O–H groups in total. The second-order valence-electron chi connectivity index (χ2n) is 12.9. The summed E-state index contributed by atoms with van der Waals surface area (Å²) in [6.45, 7) is 13.0. The molecular weight excluding hydrogens is 551 g/mol. The number of nitrogens with zero attached hydrogens (tertiary/aromatic N) is 1. The number of hydrogen-bond acceptors (Lipinski definition) is 6. The minimum Gasteiger partial charge on any atom is -0.447 e. The van der Waals surface area contributed by atoms with Crippen molar-refractivity contribution >= 4 is 37.2 Å². The van der Waals surface area contributed by atoms with Crippen LogP contribution in [0.2, 0.25) is 18.1 Å². The zero-order chi connectivity index (χ0) is 30.3. The van der Waals surface area contributed by atoms with Crippen molar-refractivity contribution in [1.82, 2.24) is 4.90 Å². The summed E-state index contributed by atoms with van der Waals surface area (Å²) in [6, 6.07) is 9.42. The number of unbranched alkanes of at least 4 members (excludes halogenated alkanes) is 9. The number of hydrogen-bond donors (Lipinski definition) is 0. The van der Waals surface area contributed by atoms with Crippen LogP contribution in [0, 0.1) is 0 Å². The monoisotopic (exact) mass is 605 g/mol. The highest BCUT2D eigenvalue weighted by atomic mass is 32.2. The van der Waals surface area contributed by atoms with E-state index in [9.17, 15) is 14.4 Å². The van der Waals surface area contributed by atoms with Crippen LogP contribution in [-0.2, 0) is 25.2 Å². The van der Waals surface area contributed by atoms with Gasteiger partial charge in [0, 0.05) is 12.2 Å². The molecule has 1 saturated heterocycles. The van der Waals surface area contributed by atoms with Crippen LogP contribution in [0.3, 0.4) is 0 Å². The van der Waals surface area contributed by atoms with Gasteiger partial charge in [-0.3, -0.25) is 9.59 Å². The molecule has 0 unspecified atom stereocenters. The first-order valence-corrected chi connectivity index (χ1v) is 19.7. The van der Waals surface area contributed by atoms with Crippen LogP contribution in [0.4, 0.5) is 4.79 Å². The zero-order valence-electron chi connectivity index (χ0n) is 26.5. The van der Waals surface area contributed by atoms with Crippen LogP contribution in [0.5, 0.6) is 0 Å². The molecule has 0 saturated carbocycles. The topological polar surface area (TPSA) is 72.9 Å². The highest BCUT2D eigenvalue weighted by Gasteiger charge is 2.45. The summed E-state index contributed by atoms with van der Waals surface area (Å²) in [5.74, 6) is 0.431. The normalized spacial score (nSPS) is 16.6. The van der Waals surface area contributed by atoms with Crippen LogP contribution < -0.4 is 0 Å². The molecule has 2 rings (SSSR count). The maximum atomic E-state index is 13.8. The van der Waals surface area contributed by atoms with Crippen molar-refractivity contribution in [3.63, 3.8) is 0 Å². The third-order valence-electron chi connectivity index (χ3n) is 8.40. The number of carbonyl (C=O) groups is 3. The van der Waals surface area contributed by atoms with E-state index in [4.69, 9.17) is 9.16 Å². The van der Waals surface area contributed by atoms with E-state index in [0.29, 0.717) is 6.42 Å². The van der Waals surface area contributed by atoms with Gasteiger partial charge in [0.15, 0.2) is 13.4 Å². The van der Waals surface area contributed by atoms with E-state index in [1.54, 1.807) is 0 Å². The Hall–Kier alpha value is -1.64. The van der Waals surface area contributed by atoms with Crippen molar-refractivity contribution in [2.24, 2.45) is 0 Å². The third-order valence-corrected chi connectivity index (χ3v) is 13.9. The van der Waals surface area contributed by atoms with Crippen molar-refractivity contribution in [2.45, 2.75) is 141 Å². The largest absolute Gasteiger partial charge is 0.447 e. The van der Waals surface area contributed by atoms with Gasteiger partial charge >= 0.3 is 6.09 Å². The average Bonchev–Trinajstić information content (AvgIpc) is 3.28. The summed E-state index contributed by atoms with van der Waals surface area (Å²) >= 11 is 1.37. The molecule has 8 heteroatoms. The van der Waals surface area contributed by atoms with Crippen molar-refractivity contribution in [3.05, 3.63) is 35.9 Å². The van der Waals surface area contributed by atoms with E-state index in [2.05, 4.69) is 40.8 Å². The highest BCUT2D eigenvalue weighted by Crippen LogP contribution is 2.38. The molecule has 1 aliphatic heterocycles. The van der Waals surface area contributed by atoms with Gasteiger partial charge in [0.05, 0.1) is 6.04 Å². The van der Waals surface area contributed by atoms with E-state index in [-0.39, 0.29) is 41.6 Å². The van der Waals surface area contributed by atoms with Gasteiger partial charge in [-0.15, -0.1) is 0 Å². The fourth-order valence-corrected chi connectivity index (χ4v) is 6.91. The van der Waals surface area contributed by atoms with Crippen LogP contribution in [0.15, 0.2) is 30.3 Å². The van der Waals surface area contributed by atoms with Gasteiger partial charge in [0.25, 0.3) is 5.91 Å². The van der Waals surface area contributed by atoms with Gasteiger partial charge in [-0.05, 0) is 43.0 Å². The van der Waals surface area contributed by atoms with E-state index >= 15 is 0 Å². The number of amides is 2. The first kappa shape index (κ1) is 35.6. The zero-order valence-corrected chi connectivity index (χ0v) is 28.4. The molecule has 0 spiro atoms. The minimum atomic E-state index is -2.35. The molecule has 0 bridgehead atoms. The fraction of sp³-hybridized carbons (Fsp3) is 0.727. The molecule has 0 aliphatic carbocycles. The van der Waals surface area contributed by atoms with Gasteiger partial charge in [-0.25, -0.2) is 9.69 Å². The predicted octanol–water partition coefficient (Wildman–Crippen LogP) is 8.93.